The minimum absolute atomic E-state index is 0.660. The average molecular weight is 336 g/mol. The van der Waals surface area contributed by atoms with Crippen LogP contribution in [-0.2, 0) is 6.54 Å². The third kappa shape index (κ3) is 2.76. The van der Waals surface area contributed by atoms with E-state index >= 15 is 0 Å². The van der Waals surface area contributed by atoms with Crippen molar-refractivity contribution in [2.45, 2.75) is 20.4 Å². The molecule has 0 N–H and O–H groups in total. The molecule has 0 bridgehead atoms. The second-order valence-corrected chi connectivity index (χ2v) is 6.51. The normalized spacial score (nSPS) is 11.1. The van der Waals surface area contributed by atoms with Crippen LogP contribution in [0.25, 0.3) is 21.8 Å². The summed E-state index contributed by atoms with van der Waals surface area (Å²) in [5, 5.41) is 11.7. The van der Waals surface area contributed by atoms with Crippen molar-refractivity contribution >= 4 is 11.3 Å². The first-order valence-electron chi connectivity index (χ1n) is 7.66. The van der Waals surface area contributed by atoms with E-state index in [1.165, 1.54) is 0 Å². The van der Waals surface area contributed by atoms with Gasteiger partial charge in [0.1, 0.15) is 10.8 Å². The summed E-state index contributed by atoms with van der Waals surface area (Å²) in [4.78, 5) is 4.37. The summed E-state index contributed by atoms with van der Waals surface area (Å²) in [6.07, 6.45) is 3.81. The second kappa shape index (κ2) is 6.05. The minimum Gasteiger partial charge on any atom is -0.361 e. The molecule has 4 aromatic rings. The van der Waals surface area contributed by atoms with E-state index in [-0.39, 0.29) is 0 Å². The molecule has 0 saturated carbocycles. The van der Waals surface area contributed by atoms with Gasteiger partial charge in [-0.1, -0.05) is 23.4 Å². The maximum atomic E-state index is 5.22. The highest BCUT2D eigenvalue weighted by Gasteiger charge is 2.11. The molecule has 0 aliphatic heterocycles. The van der Waals surface area contributed by atoms with E-state index in [1.807, 2.05) is 48.4 Å². The first-order chi connectivity index (χ1) is 11.7. The Bertz CT molecular complexity index is 949. The van der Waals surface area contributed by atoms with E-state index < -0.39 is 0 Å². The summed E-state index contributed by atoms with van der Waals surface area (Å²) in [7, 11) is 0. The van der Waals surface area contributed by atoms with Gasteiger partial charge >= 0.3 is 0 Å². The van der Waals surface area contributed by atoms with Crippen LogP contribution >= 0.6 is 11.3 Å². The molecule has 5 nitrogen and oxygen atoms in total. The van der Waals surface area contributed by atoms with Crippen LogP contribution in [0.1, 0.15) is 17.0 Å². The van der Waals surface area contributed by atoms with Crippen molar-refractivity contribution in [3.63, 3.8) is 0 Å². The number of benzene rings is 1. The topological polar surface area (TPSA) is 56.7 Å². The molecule has 0 atom stereocenters. The molecule has 120 valence electrons. The molecule has 24 heavy (non-hydrogen) atoms. The molecule has 0 saturated heterocycles. The largest absolute Gasteiger partial charge is 0.361 e. The summed E-state index contributed by atoms with van der Waals surface area (Å²) in [5.41, 5.74) is 5.14. The van der Waals surface area contributed by atoms with Crippen molar-refractivity contribution in [2.24, 2.45) is 0 Å². The van der Waals surface area contributed by atoms with Crippen LogP contribution in [0.2, 0.25) is 0 Å². The highest BCUT2D eigenvalue weighted by molar-refractivity contribution is 7.13. The van der Waals surface area contributed by atoms with Gasteiger partial charge in [0.15, 0.2) is 0 Å². The lowest BCUT2D eigenvalue weighted by Gasteiger charge is -2.02. The van der Waals surface area contributed by atoms with Crippen LogP contribution < -0.4 is 0 Å². The Morgan fingerprint density at radius 3 is 2.79 bits per heavy atom. The monoisotopic (exact) mass is 336 g/mol. The van der Waals surface area contributed by atoms with Gasteiger partial charge in [-0.15, -0.1) is 11.3 Å². The third-order valence-electron chi connectivity index (χ3n) is 3.98. The fourth-order valence-electron chi connectivity index (χ4n) is 2.67. The van der Waals surface area contributed by atoms with Crippen molar-refractivity contribution in [1.82, 2.24) is 19.9 Å². The predicted octanol–water partition coefficient (Wildman–Crippen LogP) is 4.33. The summed E-state index contributed by atoms with van der Waals surface area (Å²) in [6, 6.07) is 10.3. The first-order valence-corrected chi connectivity index (χ1v) is 8.54. The second-order valence-electron chi connectivity index (χ2n) is 5.62. The van der Waals surface area contributed by atoms with Crippen molar-refractivity contribution in [3.8, 4) is 21.8 Å². The van der Waals surface area contributed by atoms with Crippen LogP contribution in [0.5, 0.6) is 0 Å². The van der Waals surface area contributed by atoms with Gasteiger partial charge in [0.2, 0.25) is 0 Å². The molecule has 3 heterocycles. The Morgan fingerprint density at radius 2 is 2.04 bits per heavy atom. The molecule has 0 amide bonds. The molecule has 6 heteroatoms. The molecule has 0 unspecified atom stereocenters. The van der Waals surface area contributed by atoms with Gasteiger partial charge in [-0.3, -0.25) is 4.68 Å². The van der Waals surface area contributed by atoms with E-state index in [2.05, 4.69) is 28.3 Å². The highest BCUT2D eigenvalue weighted by Crippen LogP contribution is 2.26. The number of thiazole rings is 1. The molecule has 3 aromatic heterocycles. The first kappa shape index (κ1) is 14.8. The van der Waals surface area contributed by atoms with Crippen molar-refractivity contribution < 1.29 is 4.52 Å². The Kier molecular flexibility index (Phi) is 3.74. The van der Waals surface area contributed by atoms with Crippen molar-refractivity contribution in [2.75, 3.05) is 0 Å². The lowest BCUT2D eigenvalue weighted by atomic mass is 10.1. The maximum absolute atomic E-state index is 5.22. The summed E-state index contributed by atoms with van der Waals surface area (Å²) >= 11 is 1.64. The zero-order chi connectivity index (χ0) is 16.5. The van der Waals surface area contributed by atoms with Crippen LogP contribution in [0.4, 0.5) is 0 Å². The number of aromatic nitrogens is 4. The van der Waals surface area contributed by atoms with Gasteiger partial charge in [0.05, 0.1) is 17.9 Å². The van der Waals surface area contributed by atoms with Crippen molar-refractivity contribution in [3.05, 3.63) is 65.1 Å². The smallest absolute Gasteiger partial charge is 0.138 e. The Labute approximate surface area is 143 Å². The fraction of sp³-hybridized carbons (Fsp3) is 0.167. The third-order valence-corrected chi connectivity index (χ3v) is 4.80. The quantitative estimate of drug-likeness (QED) is 0.557. The number of rotatable bonds is 4. The van der Waals surface area contributed by atoms with Gasteiger partial charge in [-0.25, -0.2) is 4.98 Å². The summed E-state index contributed by atoms with van der Waals surface area (Å²) < 4.78 is 7.13. The molecule has 4 rings (SSSR count). The van der Waals surface area contributed by atoms with Gasteiger partial charge in [-0.2, -0.15) is 5.10 Å². The minimum atomic E-state index is 0.660. The molecule has 0 spiro atoms. The van der Waals surface area contributed by atoms with Gasteiger partial charge in [0.25, 0.3) is 0 Å². The average Bonchev–Trinajstić information content (AvgIpc) is 3.33. The molecule has 0 radical (unpaired) electrons. The van der Waals surface area contributed by atoms with E-state index in [9.17, 15) is 0 Å². The Morgan fingerprint density at radius 1 is 1.17 bits per heavy atom. The zero-order valence-electron chi connectivity index (χ0n) is 13.4. The standard InChI is InChI=1S/C18H16N4OS/c1-12-16(13(2)23-21-12)11-22-8-6-17(20-22)14-4-3-5-15(10-14)18-19-7-9-24-18/h3-10H,11H2,1-2H3. The van der Waals surface area contributed by atoms with Crippen molar-refractivity contribution in [1.29, 1.82) is 0 Å². The Balaban J connectivity index is 1.62. The highest BCUT2D eigenvalue weighted by atomic mass is 32.1. The number of aryl methyl sites for hydroxylation is 2. The van der Waals surface area contributed by atoms with Crippen LogP contribution in [0.3, 0.4) is 0 Å². The number of hydrogen-bond acceptors (Lipinski definition) is 5. The van der Waals surface area contributed by atoms with E-state index in [0.29, 0.717) is 6.54 Å². The van der Waals surface area contributed by atoms with E-state index in [4.69, 9.17) is 9.62 Å². The SMILES string of the molecule is Cc1noc(C)c1Cn1ccc(-c2cccc(-c3nccs3)c2)n1. The lowest BCUT2D eigenvalue weighted by Crippen LogP contribution is -2.02. The van der Waals surface area contributed by atoms with Crippen LogP contribution in [0.15, 0.2) is 52.6 Å². The Hall–Kier alpha value is -2.73. The van der Waals surface area contributed by atoms with E-state index in [0.717, 1.165) is 38.8 Å². The van der Waals surface area contributed by atoms with Gasteiger partial charge < -0.3 is 4.52 Å². The zero-order valence-corrected chi connectivity index (χ0v) is 14.2. The number of nitrogens with zero attached hydrogens (tertiary/aromatic N) is 4. The summed E-state index contributed by atoms with van der Waals surface area (Å²) in [5.74, 6) is 0.843. The number of hydrogen-bond donors (Lipinski definition) is 0. The molecule has 1 aromatic carbocycles. The van der Waals surface area contributed by atoms with Gasteiger partial charge in [-0.05, 0) is 26.0 Å². The predicted molar refractivity (Wildman–Crippen MR) is 93.9 cm³/mol. The molecule has 0 fully saturated rings. The molecular formula is C18H16N4OS. The van der Waals surface area contributed by atoms with Crippen LogP contribution in [0, 0.1) is 13.8 Å². The molecular weight excluding hydrogens is 320 g/mol. The van der Waals surface area contributed by atoms with Gasteiger partial charge in [0, 0.05) is 34.5 Å². The summed E-state index contributed by atoms with van der Waals surface area (Å²) in [6.45, 7) is 4.54. The maximum Gasteiger partial charge on any atom is 0.138 e. The van der Waals surface area contributed by atoms with Crippen LogP contribution in [-0.4, -0.2) is 19.9 Å². The lowest BCUT2D eigenvalue weighted by molar-refractivity contribution is 0.391. The molecule has 0 aliphatic carbocycles. The molecule has 0 aliphatic rings. The fourth-order valence-corrected chi connectivity index (χ4v) is 3.31. The van der Waals surface area contributed by atoms with E-state index in [1.54, 1.807) is 11.3 Å².